The summed E-state index contributed by atoms with van der Waals surface area (Å²) in [5.74, 6) is 0.506. The molecule has 1 atom stereocenters. The number of pyridine rings is 1. The molecule has 4 rings (SSSR count). The standard InChI is InChI=1S/C21H27N3O3/c1-27-19-13-18(22-17-8-3-2-7-16(17)19)20(25)24-12-6-9-21(26,15-24)14-23-10-4-5-11-23/h2-3,7-8,13,26H,4-6,9-12,14-15H2,1H3/t21-/m1/s1. The number of rotatable bonds is 4. The number of carbonyl (C=O) groups is 1. The van der Waals surface area contributed by atoms with Crippen molar-refractivity contribution >= 4 is 16.8 Å². The second-order valence-electron chi connectivity index (χ2n) is 7.76. The molecule has 27 heavy (non-hydrogen) atoms. The van der Waals surface area contributed by atoms with Gasteiger partial charge in [0.25, 0.3) is 5.91 Å². The number of β-amino-alcohol motifs (C(OH)–C–C–N with tert-alkyl or cyclic N) is 1. The van der Waals surface area contributed by atoms with Gasteiger partial charge in [0.1, 0.15) is 11.4 Å². The third-order valence-corrected chi connectivity index (χ3v) is 5.68. The van der Waals surface area contributed by atoms with Gasteiger partial charge in [-0.1, -0.05) is 12.1 Å². The largest absolute Gasteiger partial charge is 0.496 e. The lowest BCUT2D eigenvalue weighted by molar-refractivity contribution is -0.0432. The van der Waals surface area contributed by atoms with Crippen molar-refractivity contribution in [2.75, 3.05) is 39.8 Å². The highest BCUT2D eigenvalue weighted by Crippen LogP contribution is 2.28. The van der Waals surface area contributed by atoms with Crippen molar-refractivity contribution in [1.29, 1.82) is 0 Å². The Morgan fingerprint density at radius 3 is 2.78 bits per heavy atom. The van der Waals surface area contributed by atoms with Crippen LogP contribution < -0.4 is 4.74 Å². The molecular formula is C21H27N3O3. The Labute approximate surface area is 159 Å². The summed E-state index contributed by atoms with van der Waals surface area (Å²) in [6, 6.07) is 9.36. The summed E-state index contributed by atoms with van der Waals surface area (Å²) in [6.07, 6.45) is 3.93. The van der Waals surface area contributed by atoms with Crippen LogP contribution in [0.15, 0.2) is 30.3 Å². The first kappa shape index (κ1) is 18.2. The SMILES string of the molecule is COc1cc(C(=O)N2CCC[C@@](O)(CN3CCCC3)C2)nc2ccccc12. The zero-order chi connectivity index (χ0) is 18.9. The van der Waals surface area contributed by atoms with Crippen LogP contribution in [0.4, 0.5) is 0 Å². The van der Waals surface area contributed by atoms with E-state index in [-0.39, 0.29) is 5.91 Å². The van der Waals surface area contributed by atoms with E-state index in [0.29, 0.717) is 31.1 Å². The van der Waals surface area contributed by atoms with Crippen molar-refractivity contribution in [2.24, 2.45) is 0 Å². The highest BCUT2D eigenvalue weighted by Gasteiger charge is 2.37. The summed E-state index contributed by atoms with van der Waals surface area (Å²) in [5.41, 5.74) is 0.277. The second-order valence-corrected chi connectivity index (χ2v) is 7.76. The maximum Gasteiger partial charge on any atom is 0.272 e. The van der Waals surface area contributed by atoms with E-state index in [1.54, 1.807) is 18.1 Å². The zero-order valence-electron chi connectivity index (χ0n) is 15.9. The number of ether oxygens (including phenoxy) is 1. The molecule has 2 aromatic rings. The van der Waals surface area contributed by atoms with E-state index in [9.17, 15) is 9.90 Å². The molecular weight excluding hydrogens is 342 g/mol. The number of fused-ring (bicyclic) bond motifs is 1. The zero-order valence-corrected chi connectivity index (χ0v) is 15.9. The summed E-state index contributed by atoms with van der Waals surface area (Å²) in [4.78, 5) is 21.7. The van der Waals surface area contributed by atoms with Gasteiger partial charge in [-0.25, -0.2) is 4.98 Å². The predicted octanol–water partition coefficient (Wildman–Crippen LogP) is 2.31. The van der Waals surface area contributed by atoms with Gasteiger partial charge >= 0.3 is 0 Å². The smallest absolute Gasteiger partial charge is 0.272 e. The fourth-order valence-corrected chi connectivity index (χ4v) is 4.36. The number of aliphatic hydroxyl groups is 1. The van der Waals surface area contributed by atoms with Crippen molar-refractivity contribution in [3.63, 3.8) is 0 Å². The molecule has 2 aliphatic rings. The lowest BCUT2D eigenvalue weighted by atomic mass is 9.92. The van der Waals surface area contributed by atoms with E-state index < -0.39 is 5.60 Å². The van der Waals surface area contributed by atoms with Crippen LogP contribution in [0.25, 0.3) is 10.9 Å². The molecule has 0 bridgehead atoms. The average Bonchev–Trinajstić information content (AvgIpc) is 3.18. The molecule has 0 spiro atoms. The van der Waals surface area contributed by atoms with Crippen molar-refractivity contribution < 1.29 is 14.6 Å². The van der Waals surface area contributed by atoms with Gasteiger partial charge in [0.05, 0.1) is 24.8 Å². The Morgan fingerprint density at radius 1 is 1.22 bits per heavy atom. The number of hydrogen-bond donors (Lipinski definition) is 1. The van der Waals surface area contributed by atoms with E-state index in [1.807, 2.05) is 24.3 Å². The molecule has 1 aromatic heterocycles. The van der Waals surface area contributed by atoms with Crippen molar-refractivity contribution in [1.82, 2.24) is 14.8 Å². The van der Waals surface area contributed by atoms with Gasteiger partial charge in [-0.05, 0) is 50.9 Å². The summed E-state index contributed by atoms with van der Waals surface area (Å²) < 4.78 is 5.47. The van der Waals surface area contributed by atoms with E-state index in [2.05, 4.69) is 9.88 Å². The number of carbonyl (C=O) groups excluding carboxylic acids is 1. The molecule has 0 aliphatic carbocycles. The second kappa shape index (κ2) is 7.44. The molecule has 2 aliphatic heterocycles. The third-order valence-electron chi connectivity index (χ3n) is 5.68. The first-order valence-electron chi connectivity index (χ1n) is 9.76. The van der Waals surface area contributed by atoms with Crippen LogP contribution in [0.2, 0.25) is 0 Å². The average molecular weight is 369 g/mol. The van der Waals surface area contributed by atoms with E-state index >= 15 is 0 Å². The first-order chi connectivity index (χ1) is 13.1. The first-order valence-corrected chi connectivity index (χ1v) is 9.76. The number of hydrogen-bond acceptors (Lipinski definition) is 5. The number of amides is 1. The van der Waals surface area contributed by atoms with Gasteiger partial charge < -0.3 is 19.6 Å². The molecule has 6 nitrogen and oxygen atoms in total. The van der Waals surface area contributed by atoms with E-state index in [0.717, 1.165) is 36.8 Å². The highest BCUT2D eigenvalue weighted by molar-refractivity contribution is 5.97. The minimum atomic E-state index is -0.834. The van der Waals surface area contributed by atoms with Crippen LogP contribution in [0, 0.1) is 0 Å². The van der Waals surface area contributed by atoms with Gasteiger partial charge in [-0.15, -0.1) is 0 Å². The molecule has 2 fully saturated rings. The number of methoxy groups -OCH3 is 1. The maximum absolute atomic E-state index is 13.1. The molecule has 1 N–H and O–H groups in total. The van der Waals surface area contributed by atoms with Gasteiger partial charge in [0.15, 0.2) is 0 Å². The molecule has 144 valence electrons. The molecule has 0 unspecified atom stereocenters. The lowest BCUT2D eigenvalue weighted by Gasteiger charge is -2.41. The normalized spacial score (nSPS) is 23.7. The predicted molar refractivity (Wildman–Crippen MR) is 104 cm³/mol. The summed E-state index contributed by atoms with van der Waals surface area (Å²) in [5, 5.41) is 12.0. The van der Waals surface area contributed by atoms with Crippen molar-refractivity contribution in [3.8, 4) is 5.75 Å². The van der Waals surface area contributed by atoms with Crippen LogP contribution in [-0.4, -0.2) is 71.2 Å². The lowest BCUT2D eigenvalue weighted by Crippen LogP contribution is -2.55. The van der Waals surface area contributed by atoms with Crippen molar-refractivity contribution in [2.45, 2.75) is 31.3 Å². The number of piperidine rings is 1. The Bertz CT molecular complexity index is 835. The van der Waals surface area contributed by atoms with Crippen LogP contribution >= 0.6 is 0 Å². The molecule has 0 saturated carbocycles. The maximum atomic E-state index is 13.1. The van der Waals surface area contributed by atoms with E-state index in [4.69, 9.17) is 4.74 Å². The Kier molecular flexibility index (Phi) is 5.02. The summed E-state index contributed by atoms with van der Waals surface area (Å²) in [7, 11) is 1.60. The molecule has 3 heterocycles. The van der Waals surface area contributed by atoms with Crippen LogP contribution in [0.1, 0.15) is 36.2 Å². The Balaban J connectivity index is 1.55. The minimum absolute atomic E-state index is 0.140. The number of likely N-dealkylation sites (tertiary alicyclic amines) is 2. The molecule has 1 amide bonds. The van der Waals surface area contributed by atoms with Gasteiger partial charge in [0, 0.05) is 24.5 Å². The van der Waals surface area contributed by atoms with Crippen LogP contribution in [-0.2, 0) is 0 Å². The minimum Gasteiger partial charge on any atom is -0.496 e. The van der Waals surface area contributed by atoms with Crippen molar-refractivity contribution in [3.05, 3.63) is 36.0 Å². The Morgan fingerprint density at radius 2 is 2.00 bits per heavy atom. The van der Waals surface area contributed by atoms with Crippen LogP contribution in [0.5, 0.6) is 5.75 Å². The number of nitrogens with zero attached hydrogens (tertiary/aromatic N) is 3. The molecule has 0 radical (unpaired) electrons. The number of aromatic nitrogens is 1. The van der Waals surface area contributed by atoms with Gasteiger partial charge in [-0.3, -0.25) is 4.79 Å². The highest BCUT2D eigenvalue weighted by atomic mass is 16.5. The van der Waals surface area contributed by atoms with Gasteiger partial charge in [0.2, 0.25) is 0 Å². The summed E-state index contributed by atoms with van der Waals surface area (Å²) >= 11 is 0. The fourth-order valence-electron chi connectivity index (χ4n) is 4.36. The molecule has 2 saturated heterocycles. The molecule has 6 heteroatoms. The van der Waals surface area contributed by atoms with E-state index in [1.165, 1.54) is 12.8 Å². The topological polar surface area (TPSA) is 65.9 Å². The van der Waals surface area contributed by atoms with Gasteiger partial charge in [-0.2, -0.15) is 0 Å². The monoisotopic (exact) mass is 369 g/mol. The summed E-state index contributed by atoms with van der Waals surface area (Å²) in [6.45, 7) is 3.74. The third kappa shape index (κ3) is 3.77. The molecule has 1 aromatic carbocycles. The Hall–Kier alpha value is -2.18. The number of para-hydroxylation sites is 1. The number of benzene rings is 1. The van der Waals surface area contributed by atoms with Crippen LogP contribution in [0.3, 0.4) is 0 Å². The quantitative estimate of drug-likeness (QED) is 0.896. The fraction of sp³-hybridized carbons (Fsp3) is 0.524.